The number of hydrogen-bond donors (Lipinski definition) is 0. The average Bonchev–Trinajstić information content (AvgIpc) is 3.32. The van der Waals surface area contributed by atoms with Crippen molar-refractivity contribution in [1.82, 2.24) is 4.44 Å². The van der Waals surface area contributed by atoms with E-state index in [2.05, 4.69) is 158 Å². The molecule has 0 fully saturated rings. The predicted molar refractivity (Wildman–Crippen MR) is 167 cm³/mol. The molecule has 0 radical (unpaired) electrons. The normalized spacial score (nSPS) is 18.8. The van der Waals surface area contributed by atoms with Crippen LogP contribution in [0.1, 0.15) is 42.2 Å². The fourth-order valence-electron chi connectivity index (χ4n) is 6.10. The predicted octanol–water partition coefficient (Wildman–Crippen LogP) is 8.92. The van der Waals surface area contributed by atoms with Crippen molar-refractivity contribution in [1.29, 1.82) is 0 Å². The first-order valence-electron chi connectivity index (χ1n) is 13.5. The van der Waals surface area contributed by atoms with E-state index in [1.165, 1.54) is 34.6 Å². The molecule has 0 N–H and O–H groups in total. The van der Waals surface area contributed by atoms with Crippen molar-refractivity contribution in [2.24, 2.45) is 0 Å². The second-order valence-electron chi connectivity index (χ2n) is 10.3. The van der Waals surface area contributed by atoms with Crippen molar-refractivity contribution in [2.45, 2.75) is 31.1 Å². The molecule has 4 aromatic rings. The molecule has 0 bridgehead atoms. The summed E-state index contributed by atoms with van der Waals surface area (Å²) >= 11 is 0. The van der Waals surface area contributed by atoms with Gasteiger partial charge >= 0.3 is 0 Å². The Morgan fingerprint density at radius 3 is 1.38 bits per heavy atom. The molecule has 5 rings (SSSR count). The van der Waals surface area contributed by atoms with Gasteiger partial charge in [-0.2, -0.15) is 0 Å². The van der Waals surface area contributed by atoms with Gasteiger partial charge in [0.25, 0.3) is 0 Å². The van der Waals surface area contributed by atoms with Gasteiger partial charge in [-0.25, -0.2) is 0 Å². The standard InChI is InChI=1S/C34H39NP2/c1-4-5-28-35(36(2,31-22-14-8-15-23-31)32-24-16-9-17-25-32)37(3)33(29-18-10-6-11-19-29)26-27-34(37)30-20-12-7-13-21-30/h6-27,33-34H,4-5,28H2,1-3H3/q+2/t33-,34-/m0/s1. The molecule has 0 saturated heterocycles. The zero-order valence-corrected chi connectivity index (χ0v) is 24.1. The van der Waals surface area contributed by atoms with Crippen LogP contribution < -0.4 is 10.6 Å². The van der Waals surface area contributed by atoms with Crippen LogP contribution in [0.25, 0.3) is 0 Å². The van der Waals surface area contributed by atoms with E-state index in [1.54, 1.807) is 0 Å². The molecule has 0 aromatic heterocycles. The van der Waals surface area contributed by atoms with Crippen LogP contribution in [0.15, 0.2) is 133 Å². The molecular formula is C34H39NP2+2. The molecule has 1 heterocycles. The highest BCUT2D eigenvalue weighted by Crippen LogP contribution is 2.88. The summed E-state index contributed by atoms with van der Waals surface area (Å²) in [5.41, 5.74) is 3.70. The molecule has 1 aliphatic rings. The van der Waals surface area contributed by atoms with Gasteiger partial charge in [0.2, 0.25) is 0 Å². The molecule has 37 heavy (non-hydrogen) atoms. The average molecular weight is 524 g/mol. The zero-order chi connectivity index (χ0) is 25.7. The highest BCUT2D eigenvalue weighted by molar-refractivity contribution is 7.95. The Morgan fingerprint density at radius 1 is 0.622 bits per heavy atom. The molecule has 3 heteroatoms. The van der Waals surface area contributed by atoms with Crippen molar-refractivity contribution in [3.8, 4) is 0 Å². The monoisotopic (exact) mass is 523 g/mol. The maximum atomic E-state index is 3.07. The summed E-state index contributed by atoms with van der Waals surface area (Å²) in [4.78, 5) is 0. The van der Waals surface area contributed by atoms with E-state index in [-0.39, 0.29) is 0 Å². The molecule has 4 aromatic carbocycles. The minimum absolute atomic E-state index is 0.405. The van der Waals surface area contributed by atoms with Crippen molar-refractivity contribution < 1.29 is 0 Å². The van der Waals surface area contributed by atoms with Crippen molar-refractivity contribution in [2.75, 3.05) is 19.9 Å². The topological polar surface area (TPSA) is 3.24 Å². The first-order valence-corrected chi connectivity index (χ1v) is 18.0. The summed E-state index contributed by atoms with van der Waals surface area (Å²) in [5.74, 6) is 0. The smallest absolute Gasteiger partial charge is 0.0653 e. The third-order valence-electron chi connectivity index (χ3n) is 8.07. The molecule has 0 unspecified atom stereocenters. The highest BCUT2D eigenvalue weighted by atomic mass is 31.2. The molecule has 1 aliphatic heterocycles. The second kappa shape index (κ2) is 11.4. The van der Waals surface area contributed by atoms with E-state index in [9.17, 15) is 0 Å². The first-order chi connectivity index (χ1) is 18.1. The van der Waals surface area contributed by atoms with Gasteiger partial charge in [0.15, 0.2) is 7.41 Å². The van der Waals surface area contributed by atoms with Crippen LogP contribution in [0.2, 0.25) is 0 Å². The molecule has 188 valence electrons. The Hall–Kier alpha value is -2.56. The number of unbranched alkanes of at least 4 members (excludes halogenated alkanes) is 1. The van der Waals surface area contributed by atoms with Crippen LogP contribution >= 0.6 is 14.8 Å². The van der Waals surface area contributed by atoms with Crippen LogP contribution in [0.4, 0.5) is 0 Å². The number of nitrogens with zero attached hydrogens (tertiary/aromatic N) is 1. The van der Waals surface area contributed by atoms with Crippen molar-refractivity contribution >= 4 is 25.4 Å². The Morgan fingerprint density at radius 2 is 1.00 bits per heavy atom. The van der Waals surface area contributed by atoms with Gasteiger partial charge in [0, 0.05) is 0 Å². The molecule has 2 atom stereocenters. The lowest BCUT2D eigenvalue weighted by Gasteiger charge is -2.43. The summed E-state index contributed by atoms with van der Waals surface area (Å²) in [7, 11) is -3.71. The zero-order valence-electron chi connectivity index (χ0n) is 22.3. The van der Waals surface area contributed by atoms with Crippen LogP contribution in [0.3, 0.4) is 0 Å². The van der Waals surface area contributed by atoms with E-state index < -0.39 is 14.8 Å². The van der Waals surface area contributed by atoms with Gasteiger partial charge in [-0.15, -0.1) is 0 Å². The van der Waals surface area contributed by atoms with E-state index >= 15 is 0 Å². The summed E-state index contributed by atoms with van der Waals surface area (Å²) in [5, 5.41) is 2.95. The third kappa shape index (κ3) is 4.86. The summed E-state index contributed by atoms with van der Waals surface area (Å²) in [6, 6.07) is 45.3. The number of rotatable bonds is 9. The molecule has 0 aliphatic carbocycles. The summed E-state index contributed by atoms with van der Waals surface area (Å²) < 4.78 is 3.07. The first kappa shape index (κ1) is 26.1. The largest absolute Gasteiger partial charge is 0.183 e. The number of hydrogen-bond acceptors (Lipinski definition) is 1. The highest BCUT2D eigenvalue weighted by Gasteiger charge is 2.65. The quantitative estimate of drug-likeness (QED) is 0.156. The Labute approximate surface area is 225 Å². The Kier molecular flexibility index (Phi) is 8.07. The lowest BCUT2D eigenvalue weighted by atomic mass is 10.1. The number of allylic oxidation sites excluding steroid dienone is 2. The van der Waals surface area contributed by atoms with Crippen LogP contribution in [0.5, 0.6) is 0 Å². The maximum Gasteiger partial charge on any atom is 0.183 e. The van der Waals surface area contributed by atoms with Gasteiger partial charge in [-0.1, -0.05) is 115 Å². The van der Waals surface area contributed by atoms with Gasteiger partial charge < -0.3 is 0 Å². The molecule has 1 nitrogen and oxygen atoms in total. The van der Waals surface area contributed by atoms with Gasteiger partial charge in [-0.3, -0.25) is 0 Å². The van der Waals surface area contributed by atoms with Crippen molar-refractivity contribution in [3.63, 3.8) is 0 Å². The third-order valence-corrected chi connectivity index (χ3v) is 18.4. The fraction of sp³-hybridized carbons (Fsp3) is 0.235. The van der Waals surface area contributed by atoms with E-state index in [4.69, 9.17) is 0 Å². The second-order valence-corrected chi connectivity index (χ2v) is 17.8. The van der Waals surface area contributed by atoms with Crippen LogP contribution in [-0.2, 0) is 0 Å². The molecule has 0 saturated carbocycles. The lowest BCUT2D eigenvalue weighted by molar-refractivity contribution is 0.619. The number of benzene rings is 4. The minimum atomic E-state index is -1.90. The van der Waals surface area contributed by atoms with Gasteiger partial charge in [-0.05, 0) is 54.0 Å². The van der Waals surface area contributed by atoms with Gasteiger partial charge in [0.05, 0.1) is 19.9 Å². The maximum absolute atomic E-state index is 3.07. The van der Waals surface area contributed by atoms with Gasteiger partial charge in [0.1, 0.15) is 29.3 Å². The van der Waals surface area contributed by atoms with Crippen LogP contribution in [0, 0.1) is 0 Å². The van der Waals surface area contributed by atoms with E-state index in [0.29, 0.717) is 11.3 Å². The fourth-order valence-corrected chi connectivity index (χ4v) is 17.3. The van der Waals surface area contributed by atoms with Crippen LogP contribution in [-0.4, -0.2) is 24.3 Å². The SMILES string of the molecule is CCCCN([P+](C)(c1ccccc1)c1ccccc1)[P+]1(C)[C@H](c2ccccc2)C=C[C@H]1c1ccccc1. The lowest BCUT2D eigenvalue weighted by Crippen LogP contribution is -2.38. The minimum Gasteiger partial charge on any atom is -0.0653 e. The molecule has 0 spiro atoms. The Bertz CT molecular complexity index is 1200. The summed E-state index contributed by atoms with van der Waals surface area (Å²) in [6.45, 7) is 8.68. The summed E-state index contributed by atoms with van der Waals surface area (Å²) in [6.07, 6.45) is 7.48. The van der Waals surface area contributed by atoms with E-state index in [1.807, 2.05) is 0 Å². The molecular weight excluding hydrogens is 484 g/mol. The Balaban J connectivity index is 1.77. The molecule has 0 amide bonds. The van der Waals surface area contributed by atoms with E-state index in [0.717, 1.165) is 6.54 Å². The van der Waals surface area contributed by atoms with Crippen molar-refractivity contribution in [3.05, 3.63) is 145 Å².